The summed E-state index contributed by atoms with van der Waals surface area (Å²) < 4.78 is 4.98. The summed E-state index contributed by atoms with van der Waals surface area (Å²) in [4.78, 5) is 51.1. The Bertz CT molecular complexity index is 1170. The Hall–Kier alpha value is -3.65. The van der Waals surface area contributed by atoms with Crippen LogP contribution in [0.1, 0.15) is 53.3 Å². The van der Waals surface area contributed by atoms with Gasteiger partial charge in [-0.05, 0) is 62.2 Å². The van der Waals surface area contributed by atoms with E-state index in [0.29, 0.717) is 11.3 Å². The van der Waals surface area contributed by atoms with E-state index >= 15 is 0 Å². The van der Waals surface area contributed by atoms with Gasteiger partial charge in [0, 0.05) is 17.3 Å². The van der Waals surface area contributed by atoms with Crippen molar-refractivity contribution >= 4 is 46.7 Å². The summed E-state index contributed by atoms with van der Waals surface area (Å²) >= 11 is 6.20. The molecule has 0 bridgehead atoms. The average molecular weight is 482 g/mol. The molecular weight excluding hydrogens is 458 g/mol. The number of benzene rings is 2. The highest BCUT2D eigenvalue weighted by Gasteiger charge is 2.39. The predicted octanol–water partition coefficient (Wildman–Crippen LogP) is 3.97. The fraction of sp³-hybridized carbons (Fsp3) is 0.280. The zero-order valence-electron chi connectivity index (χ0n) is 18.6. The molecule has 8 nitrogen and oxygen atoms in total. The van der Waals surface area contributed by atoms with E-state index in [2.05, 4.69) is 10.6 Å². The summed E-state index contributed by atoms with van der Waals surface area (Å²) in [5.41, 5.74) is 1.33. The maximum atomic E-state index is 13.0. The van der Waals surface area contributed by atoms with E-state index in [1.165, 1.54) is 18.2 Å². The minimum absolute atomic E-state index is 0.0867. The monoisotopic (exact) mass is 481 g/mol. The van der Waals surface area contributed by atoms with Crippen LogP contribution in [0.4, 0.5) is 11.4 Å². The smallest absolute Gasteiger partial charge is 0.338 e. The van der Waals surface area contributed by atoms with Crippen LogP contribution in [0.2, 0.25) is 0 Å². The number of carbonyl (C=O) groups excluding carboxylic acids is 4. The van der Waals surface area contributed by atoms with E-state index in [4.69, 9.17) is 16.3 Å². The first-order chi connectivity index (χ1) is 16.4. The largest absolute Gasteiger partial charge is 0.462 e. The summed E-state index contributed by atoms with van der Waals surface area (Å²) in [5, 5.41) is 5.63. The van der Waals surface area contributed by atoms with Crippen molar-refractivity contribution in [1.29, 1.82) is 0 Å². The van der Waals surface area contributed by atoms with Gasteiger partial charge in [-0.1, -0.05) is 30.5 Å². The number of halogens is 1. The van der Waals surface area contributed by atoms with Gasteiger partial charge in [0.15, 0.2) is 0 Å². The maximum absolute atomic E-state index is 13.0. The number of rotatable bonds is 7. The van der Waals surface area contributed by atoms with Crippen LogP contribution < -0.4 is 15.5 Å². The third-order valence-corrected chi connectivity index (χ3v) is 6.10. The van der Waals surface area contributed by atoms with Crippen molar-refractivity contribution in [3.63, 3.8) is 0 Å². The fourth-order valence-corrected chi connectivity index (χ4v) is 4.23. The van der Waals surface area contributed by atoms with Crippen LogP contribution in [0.25, 0.3) is 0 Å². The quantitative estimate of drug-likeness (QED) is 0.458. The molecule has 2 aromatic carbocycles. The highest BCUT2D eigenvalue weighted by Crippen LogP contribution is 2.30. The minimum atomic E-state index is -0.706. The second-order valence-corrected chi connectivity index (χ2v) is 8.44. The highest BCUT2D eigenvalue weighted by atomic mass is 35.5. The molecule has 0 radical (unpaired) electrons. The van der Waals surface area contributed by atoms with Crippen LogP contribution >= 0.6 is 11.6 Å². The number of ether oxygens (including phenoxy) is 1. The van der Waals surface area contributed by atoms with Crippen molar-refractivity contribution in [2.75, 3.05) is 16.8 Å². The van der Waals surface area contributed by atoms with Crippen molar-refractivity contribution in [3.8, 4) is 0 Å². The molecule has 176 valence electrons. The zero-order valence-corrected chi connectivity index (χ0v) is 19.4. The lowest BCUT2D eigenvalue weighted by Crippen LogP contribution is -2.32. The second kappa shape index (κ2) is 10.1. The van der Waals surface area contributed by atoms with Crippen LogP contribution in [0.3, 0.4) is 0 Å². The van der Waals surface area contributed by atoms with Gasteiger partial charge in [-0.3, -0.25) is 14.4 Å². The van der Waals surface area contributed by atoms with Gasteiger partial charge in [-0.2, -0.15) is 0 Å². The van der Waals surface area contributed by atoms with E-state index in [0.717, 1.165) is 30.6 Å². The molecule has 1 aliphatic heterocycles. The zero-order chi connectivity index (χ0) is 24.2. The van der Waals surface area contributed by atoms with Gasteiger partial charge in [0.25, 0.3) is 17.7 Å². The average Bonchev–Trinajstić information content (AvgIpc) is 3.42. The molecule has 2 aliphatic rings. The summed E-state index contributed by atoms with van der Waals surface area (Å²) in [7, 11) is 0. The van der Waals surface area contributed by atoms with Crippen LogP contribution in [-0.4, -0.2) is 36.3 Å². The van der Waals surface area contributed by atoms with Crippen molar-refractivity contribution < 1.29 is 23.9 Å². The van der Waals surface area contributed by atoms with Gasteiger partial charge in [0.2, 0.25) is 0 Å². The van der Waals surface area contributed by atoms with E-state index in [1.807, 2.05) is 0 Å². The van der Waals surface area contributed by atoms with Gasteiger partial charge in [-0.25, -0.2) is 9.69 Å². The van der Waals surface area contributed by atoms with E-state index < -0.39 is 17.8 Å². The molecule has 34 heavy (non-hydrogen) atoms. The molecule has 0 saturated heterocycles. The van der Waals surface area contributed by atoms with E-state index in [-0.39, 0.29) is 40.5 Å². The minimum Gasteiger partial charge on any atom is -0.462 e. The molecule has 1 heterocycles. The Balaban J connectivity index is 1.47. The number of anilines is 2. The normalized spacial score (nSPS) is 16.2. The topological polar surface area (TPSA) is 105 Å². The maximum Gasteiger partial charge on any atom is 0.338 e. The Morgan fingerprint density at radius 1 is 1.03 bits per heavy atom. The van der Waals surface area contributed by atoms with Crippen LogP contribution in [-0.2, 0) is 14.3 Å². The summed E-state index contributed by atoms with van der Waals surface area (Å²) in [6, 6.07) is 12.8. The van der Waals surface area contributed by atoms with Crippen molar-refractivity contribution in [1.82, 2.24) is 5.32 Å². The Morgan fingerprint density at radius 3 is 2.41 bits per heavy atom. The van der Waals surface area contributed by atoms with Crippen molar-refractivity contribution in [3.05, 3.63) is 70.4 Å². The molecule has 9 heteroatoms. The van der Waals surface area contributed by atoms with Crippen LogP contribution in [0.15, 0.2) is 59.3 Å². The van der Waals surface area contributed by atoms with Gasteiger partial charge in [0.1, 0.15) is 10.7 Å². The van der Waals surface area contributed by atoms with Gasteiger partial charge >= 0.3 is 5.97 Å². The van der Waals surface area contributed by atoms with Crippen molar-refractivity contribution in [2.24, 2.45) is 0 Å². The van der Waals surface area contributed by atoms with Gasteiger partial charge in [0.05, 0.1) is 17.9 Å². The SMILES string of the molecule is CCOC(=O)c1cccc(N2C(=O)C(Cl)=C(Nc3ccc(C(=O)NC4CCCC4)cc3)C2=O)c1. The summed E-state index contributed by atoms with van der Waals surface area (Å²) in [6.45, 7) is 1.89. The molecule has 3 amide bonds. The lowest BCUT2D eigenvalue weighted by molar-refractivity contribution is -0.120. The molecule has 0 spiro atoms. The Labute approximate surface area is 201 Å². The number of nitrogens with one attached hydrogen (secondary N) is 2. The van der Waals surface area contributed by atoms with E-state index in [1.54, 1.807) is 37.3 Å². The molecule has 2 N–H and O–H groups in total. The lowest BCUT2D eigenvalue weighted by Gasteiger charge is -2.16. The molecule has 4 rings (SSSR count). The first-order valence-corrected chi connectivity index (χ1v) is 11.5. The predicted molar refractivity (Wildman–Crippen MR) is 128 cm³/mol. The molecule has 0 aromatic heterocycles. The van der Waals surface area contributed by atoms with Crippen molar-refractivity contribution in [2.45, 2.75) is 38.6 Å². The summed E-state index contributed by atoms with van der Waals surface area (Å²) in [6.07, 6.45) is 4.24. The number of imide groups is 1. The first-order valence-electron chi connectivity index (χ1n) is 11.1. The Kier molecular flexibility index (Phi) is 6.98. The number of hydrogen-bond acceptors (Lipinski definition) is 6. The third kappa shape index (κ3) is 4.82. The second-order valence-electron chi connectivity index (χ2n) is 8.06. The third-order valence-electron chi connectivity index (χ3n) is 5.75. The molecule has 0 unspecified atom stereocenters. The number of amides is 3. The van der Waals surface area contributed by atoms with E-state index in [9.17, 15) is 19.2 Å². The summed E-state index contributed by atoms with van der Waals surface area (Å²) in [5.74, 6) is -2.06. The molecule has 1 aliphatic carbocycles. The Morgan fingerprint density at radius 2 is 1.74 bits per heavy atom. The van der Waals surface area contributed by atoms with Crippen LogP contribution in [0.5, 0.6) is 0 Å². The lowest BCUT2D eigenvalue weighted by atomic mass is 10.1. The fourth-order valence-electron chi connectivity index (χ4n) is 4.02. The molecule has 1 fully saturated rings. The first kappa shape index (κ1) is 23.5. The van der Waals surface area contributed by atoms with Gasteiger partial charge in [-0.15, -0.1) is 0 Å². The number of esters is 1. The molecule has 2 aromatic rings. The molecular formula is C25H24ClN3O5. The van der Waals surface area contributed by atoms with Crippen LogP contribution in [0, 0.1) is 0 Å². The number of nitrogens with zero attached hydrogens (tertiary/aromatic N) is 1. The highest BCUT2D eigenvalue weighted by molar-refractivity contribution is 6.53. The number of hydrogen-bond donors (Lipinski definition) is 2. The van der Waals surface area contributed by atoms with Gasteiger partial charge < -0.3 is 15.4 Å². The molecule has 1 saturated carbocycles. The standard InChI is InChI=1S/C25H24ClN3O5/c1-2-34-25(33)16-6-5-9-19(14-16)29-23(31)20(26)21(24(29)32)27-18-12-10-15(11-13-18)22(30)28-17-7-3-4-8-17/h5-6,9-14,17,27H,2-4,7-8H2,1H3,(H,28,30). The molecule has 0 atom stereocenters. The number of carbonyl (C=O) groups is 4.